The number of rotatable bonds is 3. The average Bonchev–Trinajstić information content (AvgIpc) is 2.37. The lowest BCUT2D eigenvalue weighted by molar-refractivity contribution is -0.144. The van der Waals surface area contributed by atoms with Crippen LogP contribution in [0, 0.1) is 0 Å². The van der Waals surface area contributed by atoms with Crippen LogP contribution in [0.15, 0.2) is 18.2 Å². The Kier molecular flexibility index (Phi) is 3.62. The highest BCUT2D eigenvalue weighted by Crippen LogP contribution is 2.25. The first kappa shape index (κ1) is 12.6. The van der Waals surface area contributed by atoms with Crippen molar-refractivity contribution < 1.29 is 14.3 Å². The second-order valence-electron chi connectivity index (χ2n) is 4.19. The molecule has 1 aliphatic heterocycles. The third kappa shape index (κ3) is 2.51. The lowest BCUT2D eigenvalue weighted by atomic mass is 9.97. The summed E-state index contributed by atoms with van der Waals surface area (Å²) in [5.41, 5.74) is 8.34. The topological polar surface area (TPSA) is 81.4 Å². The summed E-state index contributed by atoms with van der Waals surface area (Å²) in [4.78, 5) is 22.8. The van der Waals surface area contributed by atoms with Crippen LogP contribution in [0.1, 0.15) is 30.5 Å². The molecule has 1 unspecified atom stereocenters. The van der Waals surface area contributed by atoms with Gasteiger partial charge in [0.05, 0.1) is 6.61 Å². The smallest absolute Gasteiger partial charge is 0.327 e. The number of nitrogens with one attached hydrogen (secondary N) is 1. The molecular weight excluding hydrogens is 232 g/mol. The second-order valence-corrected chi connectivity index (χ2v) is 4.19. The summed E-state index contributed by atoms with van der Waals surface area (Å²) in [6.07, 6.45) is 1.13. The highest BCUT2D eigenvalue weighted by Gasteiger charge is 2.20. The summed E-state index contributed by atoms with van der Waals surface area (Å²) in [5, 5.41) is 2.78. The van der Waals surface area contributed by atoms with E-state index < -0.39 is 12.0 Å². The summed E-state index contributed by atoms with van der Waals surface area (Å²) >= 11 is 0. The van der Waals surface area contributed by atoms with E-state index in [0.717, 1.165) is 11.3 Å². The third-order valence-corrected chi connectivity index (χ3v) is 2.92. The van der Waals surface area contributed by atoms with Crippen molar-refractivity contribution in [3.8, 4) is 0 Å². The predicted octanol–water partition coefficient (Wildman–Crippen LogP) is 1.13. The molecule has 1 atom stereocenters. The van der Waals surface area contributed by atoms with E-state index in [1.54, 1.807) is 19.1 Å². The van der Waals surface area contributed by atoms with Crippen LogP contribution in [0.25, 0.3) is 0 Å². The number of ether oxygens (including phenoxy) is 1. The number of carbonyl (C=O) groups is 2. The van der Waals surface area contributed by atoms with Crippen molar-refractivity contribution in [1.29, 1.82) is 0 Å². The zero-order valence-electron chi connectivity index (χ0n) is 10.2. The van der Waals surface area contributed by atoms with Gasteiger partial charge in [0.1, 0.15) is 6.04 Å². The molecule has 0 saturated carbocycles. The number of hydrogen-bond donors (Lipinski definition) is 2. The highest BCUT2D eigenvalue weighted by atomic mass is 16.5. The highest BCUT2D eigenvalue weighted by molar-refractivity contribution is 5.94. The fourth-order valence-corrected chi connectivity index (χ4v) is 1.96. The molecule has 1 aromatic rings. The van der Waals surface area contributed by atoms with E-state index in [1.165, 1.54) is 0 Å². The monoisotopic (exact) mass is 248 g/mol. The van der Waals surface area contributed by atoms with Gasteiger partial charge in [-0.25, -0.2) is 4.79 Å². The largest absolute Gasteiger partial charge is 0.465 e. The van der Waals surface area contributed by atoms with Gasteiger partial charge in [0, 0.05) is 12.1 Å². The number of carbonyl (C=O) groups excluding carboxylic acids is 2. The molecule has 2 rings (SSSR count). The van der Waals surface area contributed by atoms with Gasteiger partial charge in [0.15, 0.2) is 0 Å². The Morgan fingerprint density at radius 1 is 1.50 bits per heavy atom. The van der Waals surface area contributed by atoms with Gasteiger partial charge in [-0.3, -0.25) is 4.79 Å². The van der Waals surface area contributed by atoms with E-state index in [4.69, 9.17) is 10.5 Å². The number of amides is 1. The number of nitrogens with two attached hydrogens (primary N) is 1. The van der Waals surface area contributed by atoms with Crippen LogP contribution in [0.2, 0.25) is 0 Å². The van der Waals surface area contributed by atoms with Gasteiger partial charge in [-0.1, -0.05) is 12.1 Å². The fourth-order valence-electron chi connectivity index (χ4n) is 1.96. The van der Waals surface area contributed by atoms with Crippen LogP contribution in [0.5, 0.6) is 0 Å². The maximum Gasteiger partial charge on any atom is 0.327 e. The van der Waals surface area contributed by atoms with Crippen LogP contribution >= 0.6 is 0 Å². The standard InChI is InChI=1S/C13H16N2O3/c1-2-18-13(17)12(14)9-3-5-10-8(7-9)4-6-11(16)15-10/h3,5,7,12H,2,4,6,14H2,1H3,(H,15,16). The van der Waals surface area contributed by atoms with E-state index in [2.05, 4.69) is 5.32 Å². The van der Waals surface area contributed by atoms with Crippen molar-refractivity contribution in [3.63, 3.8) is 0 Å². The van der Waals surface area contributed by atoms with Gasteiger partial charge >= 0.3 is 5.97 Å². The summed E-state index contributed by atoms with van der Waals surface area (Å²) < 4.78 is 4.89. The van der Waals surface area contributed by atoms with E-state index in [0.29, 0.717) is 25.0 Å². The van der Waals surface area contributed by atoms with Gasteiger partial charge < -0.3 is 15.8 Å². The van der Waals surface area contributed by atoms with Gasteiger partial charge in [-0.2, -0.15) is 0 Å². The molecule has 1 aromatic carbocycles. The van der Waals surface area contributed by atoms with E-state index in [-0.39, 0.29) is 5.91 Å². The molecular formula is C13H16N2O3. The van der Waals surface area contributed by atoms with Crippen molar-refractivity contribution in [1.82, 2.24) is 0 Å². The quantitative estimate of drug-likeness (QED) is 0.786. The Bertz CT molecular complexity index is 485. The molecule has 0 fully saturated rings. The minimum absolute atomic E-state index is 0.0185. The molecule has 0 aliphatic carbocycles. The zero-order chi connectivity index (χ0) is 13.1. The number of aryl methyl sites for hydroxylation is 1. The Morgan fingerprint density at radius 2 is 2.28 bits per heavy atom. The number of benzene rings is 1. The van der Waals surface area contributed by atoms with Crippen molar-refractivity contribution in [2.45, 2.75) is 25.8 Å². The minimum atomic E-state index is -0.770. The Hall–Kier alpha value is -1.88. The molecule has 96 valence electrons. The van der Waals surface area contributed by atoms with Gasteiger partial charge in [-0.15, -0.1) is 0 Å². The van der Waals surface area contributed by atoms with Gasteiger partial charge in [0.2, 0.25) is 5.91 Å². The first-order valence-corrected chi connectivity index (χ1v) is 5.96. The first-order chi connectivity index (χ1) is 8.61. The molecule has 0 radical (unpaired) electrons. The van der Waals surface area contributed by atoms with E-state index >= 15 is 0 Å². The molecule has 18 heavy (non-hydrogen) atoms. The molecule has 5 nitrogen and oxygen atoms in total. The number of fused-ring (bicyclic) bond motifs is 1. The molecule has 1 aliphatic rings. The Labute approximate surface area is 105 Å². The molecule has 1 amide bonds. The summed E-state index contributed by atoms with van der Waals surface area (Å²) in [6, 6.07) is 4.61. The molecule has 1 heterocycles. The predicted molar refractivity (Wildman–Crippen MR) is 67.0 cm³/mol. The SMILES string of the molecule is CCOC(=O)C(N)c1ccc2c(c1)CCC(=O)N2. The first-order valence-electron chi connectivity index (χ1n) is 5.96. The van der Waals surface area contributed by atoms with Gasteiger partial charge in [0.25, 0.3) is 0 Å². The molecule has 3 N–H and O–H groups in total. The van der Waals surface area contributed by atoms with Crippen molar-refractivity contribution >= 4 is 17.6 Å². The average molecular weight is 248 g/mol. The maximum absolute atomic E-state index is 11.5. The van der Waals surface area contributed by atoms with Crippen molar-refractivity contribution in [3.05, 3.63) is 29.3 Å². The molecule has 0 aromatic heterocycles. The maximum atomic E-state index is 11.5. The van der Waals surface area contributed by atoms with E-state index in [1.807, 2.05) is 6.07 Å². The number of anilines is 1. The normalized spacial score (nSPS) is 15.6. The molecule has 0 bridgehead atoms. The minimum Gasteiger partial charge on any atom is -0.465 e. The molecule has 5 heteroatoms. The lowest BCUT2D eigenvalue weighted by Gasteiger charge is -2.19. The zero-order valence-corrected chi connectivity index (χ0v) is 10.2. The van der Waals surface area contributed by atoms with Crippen LogP contribution < -0.4 is 11.1 Å². The lowest BCUT2D eigenvalue weighted by Crippen LogP contribution is -2.25. The molecule has 0 spiro atoms. The van der Waals surface area contributed by atoms with Crippen molar-refractivity contribution in [2.24, 2.45) is 5.73 Å². The summed E-state index contributed by atoms with van der Waals surface area (Å²) in [5.74, 6) is -0.415. The second kappa shape index (κ2) is 5.18. The Balaban J connectivity index is 2.21. The van der Waals surface area contributed by atoms with Gasteiger partial charge in [-0.05, 0) is 30.5 Å². The number of esters is 1. The fraction of sp³-hybridized carbons (Fsp3) is 0.385. The van der Waals surface area contributed by atoms with Crippen LogP contribution in [-0.2, 0) is 20.7 Å². The summed E-state index contributed by atoms with van der Waals surface area (Å²) in [6.45, 7) is 2.06. The Morgan fingerprint density at radius 3 is 3.00 bits per heavy atom. The molecule has 0 saturated heterocycles. The van der Waals surface area contributed by atoms with Crippen LogP contribution in [0.3, 0.4) is 0 Å². The number of hydrogen-bond acceptors (Lipinski definition) is 4. The van der Waals surface area contributed by atoms with Crippen LogP contribution in [0.4, 0.5) is 5.69 Å². The van der Waals surface area contributed by atoms with Crippen molar-refractivity contribution in [2.75, 3.05) is 11.9 Å². The van der Waals surface area contributed by atoms with Crippen LogP contribution in [-0.4, -0.2) is 18.5 Å². The van der Waals surface area contributed by atoms with E-state index in [9.17, 15) is 9.59 Å². The summed E-state index contributed by atoms with van der Waals surface area (Å²) in [7, 11) is 0. The third-order valence-electron chi connectivity index (χ3n) is 2.92.